The van der Waals surface area contributed by atoms with Gasteiger partial charge in [-0.05, 0) is 29.5 Å². The fourth-order valence-electron chi connectivity index (χ4n) is 2.02. The van der Waals surface area contributed by atoms with Crippen LogP contribution in [-0.2, 0) is 16.6 Å². The molecule has 3 nitrogen and oxygen atoms in total. The lowest BCUT2D eigenvalue weighted by atomic mass is 9.84. The minimum atomic E-state index is -0.820. The molecule has 19 heavy (non-hydrogen) atoms. The van der Waals surface area contributed by atoms with Crippen LogP contribution in [-0.4, -0.2) is 18.2 Å². The Morgan fingerprint density at radius 2 is 2.00 bits per heavy atom. The maximum atomic E-state index is 11.0. The zero-order chi connectivity index (χ0) is 14.8. The van der Waals surface area contributed by atoms with E-state index in [0.29, 0.717) is 11.4 Å². The first-order valence-electron chi connectivity index (χ1n) is 6.26. The second kappa shape index (κ2) is 5.83. The van der Waals surface area contributed by atoms with Crippen LogP contribution in [0.5, 0.6) is 5.75 Å². The Bertz CT molecular complexity index is 475. The van der Waals surface area contributed by atoms with Crippen molar-refractivity contribution in [1.82, 2.24) is 0 Å². The minimum absolute atomic E-state index is 0.114. The highest BCUT2D eigenvalue weighted by molar-refractivity contribution is 6.30. The molecule has 0 fully saturated rings. The molecule has 0 radical (unpaired) electrons. The molecule has 0 heterocycles. The fourth-order valence-corrected chi connectivity index (χ4v) is 2.26. The topological polar surface area (TPSA) is 46.5 Å². The fraction of sp³-hybridized carbons (Fsp3) is 0.533. The molecule has 0 amide bonds. The van der Waals surface area contributed by atoms with E-state index < -0.39 is 11.9 Å². The molecule has 1 aromatic carbocycles. The normalized spacial score (nSPS) is 13.2. The summed E-state index contributed by atoms with van der Waals surface area (Å²) in [5.41, 5.74) is 1.72. The molecular weight excluding hydrogens is 264 g/mol. The van der Waals surface area contributed by atoms with Crippen molar-refractivity contribution in [3.8, 4) is 5.75 Å². The summed E-state index contributed by atoms with van der Waals surface area (Å²) in [4.78, 5) is 11.0. The Balaban J connectivity index is 3.31. The highest BCUT2D eigenvalue weighted by Gasteiger charge is 2.24. The summed E-state index contributed by atoms with van der Waals surface area (Å²) in [6, 6.07) is 3.67. The number of methoxy groups -OCH3 is 1. The van der Waals surface area contributed by atoms with Gasteiger partial charge in [-0.15, -0.1) is 0 Å². The van der Waals surface area contributed by atoms with Crippen LogP contribution in [0.2, 0.25) is 5.02 Å². The molecule has 106 valence electrons. The molecule has 0 bridgehead atoms. The van der Waals surface area contributed by atoms with Crippen LogP contribution < -0.4 is 4.74 Å². The van der Waals surface area contributed by atoms with E-state index in [-0.39, 0.29) is 5.41 Å². The molecule has 1 N–H and O–H groups in total. The first kappa shape index (κ1) is 15.8. The predicted octanol–water partition coefficient (Wildman–Crippen LogP) is 3.91. The van der Waals surface area contributed by atoms with Crippen molar-refractivity contribution >= 4 is 17.6 Å². The summed E-state index contributed by atoms with van der Waals surface area (Å²) in [5, 5.41) is 9.64. The van der Waals surface area contributed by atoms with Crippen LogP contribution in [0.1, 0.15) is 38.8 Å². The number of ether oxygens (including phenoxy) is 1. The standard InChI is InChI=1S/C15H21ClO3/c1-9(14(17)18)6-10-7-11(16)8-12(13(10)19-5)15(2,3)4/h7-9H,6H2,1-5H3,(H,17,18). The summed E-state index contributed by atoms with van der Waals surface area (Å²) >= 11 is 6.15. The van der Waals surface area contributed by atoms with E-state index in [1.165, 1.54) is 0 Å². The van der Waals surface area contributed by atoms with E-state index in [0.717, 1.165) is 16.9 Å². The van der Waals surface area contributed by atoms with E-state index in [4.69, 9.17) is 21.4 Å². The molecule has 0 spiro atoms. The number of hydrogen-bond acceptors (Lipinski definition) is 2. The molecule has 0 saturated carbocycles. The monoisotopic (exact) mass is 284 g/mol. The summed E-state index contributed by atoms with van der Waals surface area (Å²) in [7, 11) is 1.60. The Labute approximate surface area is 119 Å². The largest absolute Gasteiger partial charge is 0.496 e. The third kappa shape index (κ3) is 3.87. The van der Waals surface area contributed by atoms with Gasteiger partial charge in [0, 0.05) is 10.6 Å². The van der Waals surface area contributed by atoms with Crippen molar-refractivity contribution < 1.29 is 14.6 Å². The lowest BCUT2D eigenvalue weighted by Gasteiger charge is -2.25. The van der Waals surface area contributed by atoms with Gasteiger partial charge in [0.25, 0.3) is 0 Å². The average molecular weight is 285 g/mol. The zero-order valence-corrected chi connectivity index (χ0v) is 12.8. The highest BCUT2D eigenvalue weighted by atomic mass is 35.5. The SMILES string of the molecule is COc1c(CC(C)C(=O)O)cc(Cl)cc1C(C)(C)C. The lowest BCUT2D eigenvalue weighted by Crippen LogP contribution is -2.17. The first-order valence-corrected chi connectivity index (χ1v) is 6.64. The smallest absolute Gasteiger partial charge is 0.306 e. The van der Waals surface area contributed by atoms with Gasteiger partial charge < -0.3 is 9.84 Å². The minimum Gasteiger partial charge on any atom is -0.496 e. The third-order valence-corrected chi connectivity index (χ3v) is 3.31. The molecule has 0 aliphatic heterocycles. The summed E-state index contributed by atoms with van der Waals surface area (Å²) < 4.78 is 5.49. The molecule has 0 saturated heterocycles. The quantitative estimate of drug-likeness (QED) is 0.912. The average Bonchev–Trinajstić information content (AvgIpc) is 2.26. The molecular formula is C15H21ClO3. The molecule has 1 aromatic rings. The van der Waals surface area contributed by atoms with Crippen LogP contribution in [0, 0.1) is 5.92 Å². The Morgan fingerprint density at radius 3 is 2.42 bits per heavy atom. The number of aliphatic carboxylic acids is 1. The number of benzene rings is 1. The van der Waals surface area contributed by atoms with Gasteiger partial charge in [-0.2, -0.15) is 0 Å². The summed E-state index contributed by atoms with van der Waals surface area (Å²) in [6.45, 7) is 7.90. The third-order valence-electron chi connectivity index (χ3n) is 3.09. The van der Waals surface area contributed by atoms with Gasteiger partial charge in [-0.3, -0.25) is 4.79 Å². The van der Waals surface area contributed by atoms with Gasteiger partial charge in [0.15, 0.2) is 0 Å². The van der Waals surface area contributed by atoms with E-state index in [2.05, 4.69) is 20.8 Å². The Hall–Kier alpha value is -1.22. The van der Waals surface area contributed by atoms with Gasteiger partial charge in [0.05, 0.1) is 13.0 Å². The summed E-state index contributed by atoms with van der Waals surface area (Å²) in [6.07, 6.45) is 0.405. The Morgan fingerprint density at radius 1 is 1.42 bits per heavy atom. The van der Waals surface area contributed by atoms with Crippen LogP contribution in [0.25, 0.3) is 0 Å². The van der Waals surface area contributed by atoms with E-state index in [1.807, 2.05) is 6.07 Å². The van der Waals surface area contributed by atoms with Crippen molar-refractivity contribution in [3.05, 3.63) is 28.3 Å². The molecule has 0 aliphatic carbocycles. The number of carboxylic acids is 1. The van der Waals surface area contributed by atoms with Crippen molar-refractivity contribution in [1.29, 1.82) is 0 Å². The van der Waals surface area contributed by atoms with E-state index >= 15 is 0 Å². The van der Waals surface area contributed by atoms with Crippen LogP contribution in [0.3, 0.4) is 0 Å². The van der Waals surface area contributed by atoms with E-state index in [1.54, 1.807) is 20.1 Å². The van der Waals surface area contributed by atoms with Gasteiger partial charge >= 0.3 is 5.97 Å². The van der Waals surface area contributed by atoms with E-state index in [9.17, 15) is 4.79 Å². The van der Waals surface area contributed by atoms with Crippen molar-refractivity contribution in [2.75, 3.05) is 7.11 Å². The molecule has 1 atom stereocenters. The predicted molar refractivity (Wildman–Crippen MR) is 77.2 cm³/mol. The zero-order valence-electron chi connectivity index (χ0n) is 12.1. The number of carboxylic acid groups (broad SMARTS) is 1. The highest BCUT2D eigenvalue weighted by Crippen LogP contribution is 2.37. The molecule has 0 aliphatic rings. The summed E-state index contributed by atoms with van der Waals surface area (Å²) in [5.74, 6) is -0.551. The second-order valence-electron chi connectivity index (χ2n) is 5.84. The lowest BCUT2D eigenvalue weighted by molar-refractivity contribution is -0.141. The van der Waals surface area contributed by atoms with Crippen LogP contribution >= 0.6 is 11.6 Å². The molecule has 1 rings (SSSR count). The van der Waals surface area contributed by atoms with Gasteiger partial charge in [-0.25, -0.2) is 0 Å². The molecule has 1 unspecified atom stereocenters. The van der Waals surface area contributed by atoms with Crippen molar-refractivity contribution in [2.24, 2.45) is 5.92 Å². The number of halogens is 1. The first-order chi connectivity index (χ1) is 8.66. The van der Waals surface area contributed by atoms with Crippen LogP contribution in [0.4, 0.5) is 0 Å². The van der Waals surface area contributed by atoms with Gasteiger partial charge in [0.1, 0.15) is 5.75 Å². The molecule has 4 heteroatoms. The number of carbonyl (C=O) groups is 1. The van der Waals surface area contributed by atoms with Crippen LogP contribution in [0.15, 0.2) is 12.1 Å². The maximum absolute atomic E-state index is 11.0. The second-order valence-corrected chi connectivity index (χ2v) is 6.28. The number of rotatable bonds is 4. The Kier molecular flexibility index (Phi) is 4.86. The van der Waals surface area contributed by atoms with Crippen molar-refractivity contribution in [3.63, 3.8) is 0 Å². The molecule has 0 aromatic heterocycles. The maximum Gasteiger partial charge on any atom is 0.306 e. The number of hydrogen-bond donors (Lipinski definition) is 1. The van der Waals surface area contributed by atoms with Crippen molar-refractivity contribution in [2.45, 2.75) is 39.5 Å². The van der Waals surface area contributed by atoms with Gasteiger partial charge in [-0.1, -0.05) is 39.3 Å². The van der Waals surface area contributed by atoms with Gasteiger partial charge in [0.2, 0.25) is 0 Å².